The summed E-state index contributed by atoms with van der Waals surface area (Å²) in [7, 11) is -4.66. The molecule has 7 nitrogen and oxygen atoms in total. The molecule has 1 aromatic heterocycles. The predicted octanol–water partition coefficient (Wildman–Crippen LogP) is -1.28. The molecule has 1 N–H and O–H groups in total. The van der Waals surface area contributed by atoms with Crippen LogP contribution in [-0.4, -0.2) is 13.0 Å². The molecule has 2 aromatic carbocycles. The third kappa shape index (κ3) is 4.25. The zero-order valence-electron chi connectivity index (χ0n) is 12.4. The topological polar surface area (TPSA) is 117 Å². The van der Waals surface area contributed by atoms with Crippen LogP contribution in [0.2, 0.25) is 0 Å². The fourth-order valence-electron chi connectivity index (χ4n) is 2.12. The van der Waals surface area contributed by atoms with E-state index < -0.39 is 10.4 Å². The van der Waals surface area contributed by atoms with Gasteiger partial charge in [0.2, 0.25) is 0 Å². The van der Waals surface area contributed by atoms with Gasteiger partial charge >= 0.3 is 61.8 Å². The summed E-state index contributed by atoms with van der Waals surface area (Å²) in [4.78, 5) is 12.5. The van der Waals surface area contributed by atoms with E-state index in [0.29, 0.717) is 5.56 Å². The molecular weight excluding hydrogens is 363 g/mol. The van der Waals surface area contributed by atoms with Gasteiger partial charge in [0.25, 0.3) is 0 Å². The number of fused-ring (bicyclic) bond motifs is 1. The summed E-state index contributed by atoms with van der Waals surface area (Å²) in [6.07, 6.45) is 1.21. The molecular formula is C15H9KO7S. The molecule has 0 aliphatic rings. The van der Waals surface area contributed by atoms with E-state index >= 15 is 0 Å². The zero-order chi connectivity index (χ0) is 16.6. The molecule has 0 unspecified atom stereocenters. The number of rotatable bonds is 3. The van der Waals surface area contributed by atoms with Crippen molar-refractivity contribution < 1.29 is 78.1 Å². The van der Waals surface area contributed by atoms with Crippen molar-refractivity contribution in [2.75, 3.05) is 0 Å². The Morgan fingerprint density at radius 2 is 1.75 bits per heavy atom. The Bertz CT molecular complexity index is 1040. The molecule has 24 heavy (non-hydrogen) atoms. The Morgan fingerprint density at radius 3 is 2.38 bits per heavy atom. The van der Waals surface area contributed by atoms with E-state index in [1.165, 1.54) is 48.7 Å². The molecule has 0 bridgehead atoms. The van der Waals surface area contributed by atoms with Gasteiger partial charge in [0.1, 0.15) is 17.6 Å². The van der Waals surface area contributed by atoms with Crippen LogP contribution in [0.1, 0.15) is 0 Å². The monoisotopic (exact) mass is 372 g/mol. The molecule has 9 heteroatoms. The number of hydrogen-bond acceptors (Lipinski definition) is 6. The van der Waals surface area contributed by atoms with Crippen LogP contribution in [0, 0.1) is 0 Å². The van der Waals surface area contributed by atoms with E-state index in [-0.39, 0.29) is 84.8 Å². The Kier molecular flexibility index (Phi) is 5.86. The van der Waals surface area contributed by atoms with Crippen molar-refractivity contribution in [3.63, 3.8) is 0 Å². The van der Waals surface area contributed by atoms with Crippen LogP contribution < -0.4 is 66.1 Å². The molecule has 0 aliphatic heterocycles. The van der Waals surface area contributed by atoms with Crippen molar-refractivity contribution in [1.29, 1.82) is 0 Å². The Balaban J connectivity index is 0.00000208. The van der Waals surface area contributed by atoms with E-state index in [1.807, 2.05) is 0 Å². The van der Waals surface area contributed by atoms with Gasteiger partial charge in [-0.1, -0.05) is 24.3 Å². The van der Waals surface area contributed by atoms with Crippen LogP contribution in [0.5, 0.6) is 11.5 Å². The summed E-state index contributed by atoms with van der Waals surface area (Å²) in [5, 5.41) is 11.3. The normalized spacial score (nSPS) is 11.0. The molecule has 0 aliphatic carbocycles. The Hall–Kier alpha value is -1.20. The molecule has 0 atom stereocenters. The third-order valence-electron chi connectivity index (χ3n) is 3.11. The summed E-state index contributed by atoms with van der Waals surface area (Å²) >= 11 is 0. The third-order valence-corrected chi connectivity index (χ3v) is 3.52. The maximum Gasteiger partial charge on any atom is 1.00 e. The first-order valence-electron chi connectivity index (χ1n) is 6.33. The average molecular weight is 372 g/mol. The van der Waals surface area contributed by atoms with Gasteiger partial charge in [0.05, 0.1) is 10.9 Å². The Labute approximate surface area is 179 Å². The van der Waals surface area contributed by atoms with Crippen molar-refractivity contribution in [1.82, 2.24) is 0 Å². The van der Waals surface area contributed by atoms with Gasteiger partial charge in [-0.2, -0.15) is 8.42 Å². The van der Waals surface area contributed by atoms with Crippen molar-refractivity contribution in [2.24, 2.45) is 0 Å². The molecule has 0 saturated carbocycles. The van der Waals surface area contributed by atoms with E-state index in [2.05, 4.69) is 4.18 Å². The minimum absolute atomic E-state index is 0. The van der Waals surface area contributed by atoms with Crippen LogP contribution in [0.3, 0.4) is 0 Å². The van der Waals surface area contributed by atoms with Crippen molar-refractivity contribution in [3.05, 3.63) is 59.0 Å². The fourth-order valence-corrected chi connectivity index (χ4v) is 2.46. The second kappa shape index (κ2) is 7.36. The second-order valence-corrected chi connectivity index (χ2v) is 5.69. The standard InChI is InChI=1S/C15H10O7S.K/c16-10-3-1-9(2-4-10)13-8-21-14-7-11(22-23(18,19)20)5-6-12(14)15(13)17;/h1-8,16H,(H,18,19,20);/q;+1/p-1. The zero-order valence-corrected chi connectivity index (χ0v) is 16.4. The molecule has 0 spiro atoms. The minimum atomic E-state index is -4.66. The van der Waals surface area contributed by atoms with Crippen LogP contribution in [-0.2, 0) is 10.4 Å². The largest absolute Gasteiger partial charge is 1.00 e. The minimum Gasteiger partial charge on any atom is -0.872 e. The van der Waals surface area contributed by atoms with Gasteiger partial charge in [-0.25, -0.2) is 0 Å². The maximum absolute atomic E-state index is 12.5. The molecule has 0 radical (unpaired) electrons. The van der Waals surface area contributed by atoms with Crippen LogP contribution in [0.25, 0.3) is 22.1 Å². The summed E-state index contributed by atoms with van der Waals surface area (Å²) in [5.74, 6) is -0.363. The van der Waals surface area contributed by atoms with Gasteiger partial charge in [0.15, 0.2) is 5.43 Å². The summed E-state index contributed by atoms with van der Waals surface area (Å²) < 4.78 is 39.7. The predicted molar refractivity (Wildman–Crippen MR) is 79.5 cm³/mol. The van der Waals surface area contributed by atoms with E-state index in [1.54, 1.807) is 0 Å². The maximum atomic E-state index is 12.5. The number of benzene rings is 2. The molecule has 3 aromatic rings. The van der Waals surface area contributed by atoms with E-state index in [0.717, 1.165) is 0 Å². The molecule has 118 valence electrons. The van der Waals surface area contributed by atoms with Crippen LogP contribution >= 0.6 is 0 Å². The van der Waals surface area contributed by atoms with Crippen LogP contribution in [0.15, 0.2) is 57.9 Å². The molecule has 1 heterocycles. The number of hydrogen-bond donors (Lipinski definition) is 1. The van der Waals surface area contributed by atoms with Gasteiger partial charge in [-0.15, -0.1) is 5.75 Å². The van der Waals surface area contributed by atoms with Gasteiger partial charge in [-0.3, -0.25) is 9.35 Å². The second-order valence-electron chi connectivity index (χ2n) is 4.67. The average Bonchev–Trinajstić information content (AvgIpc) is 2.47. The van der Waals surface area contributed by atoms with E-state index in [9.17, 15) is 18.3 Å². The summed E-state index contributed by atoms with van der Waals surface area (Å²) in [5.41, 5.74) is 0.545. The van der Waals surface area contributed by atoms with Crippen molar-refractivity contribution in [3.8, 4) is 22.6 Å². The van der Waals surface area contributed by atoms with E-state index in [4.69, 9.17) is 8.97 Å². The first-order chi connectivity index (χ1) is 10.8. The van der Waals surface area contributed by atoms with Gasteiger partial charge in [-0.05, 0) is 17.7 Å². The molecule has 0 amide bonds. The summed E-state index contributed by atoms with van der Waals surface area (Å²) in [6.45, 7) is 0. The van der Waals surface area contributed by atoms with Crippen molar-refractivity contribution >= 4 is 21.4 Å². The Morgan fingerprint density at radius 1 is 1.08 bits per heavy atom. The first-order valence-corrected chi connectivity index (χ1v) is 7.70. The van der Waals surface area contributed by atoms with Gasteiger partial charge < -0.3 is 13.7 Å². The van der Waals surface area contributed by atoms with Gasteiger partial charge in [0, 0.05) is 6.07 Å². The first kappa shape index (κ1) is 19.1. The fraction of sp³-hybridized carbons (Fsp3) is 0. The molecule has 0 fully saturated rings. The van der Waals surface area contributed by atoms with Crippen molar-refractivity contribution in [2.45, 2.75) is 0 Å². The van der Waals surface area contributed by atoms with Crippen LogP contribution in [0.4, 0.5) is 0 Å². The summed E-state index contributed by atoms with van der Waals surface area (Å²) in [6, 6.07) is 9.41. The molecule has 0 saturated heterocycles. The molecule has 3 rings (SSSR count). The smallest absolute Gasteiger partial charge is 0.872 e. The SMILES string of the molecule is O=c1c(-c2ccc([O-])cc2)coc2cc(OS(=O)(=O)O)ccc12.[K+]. The quantitative estimate of drug-likeness (QED) is 0.449.